The van der Waals surface area contributed by atoms with Gasteiger partial charge in [-0.1, -0.05) is 0 Å². The zero-order chi connectivity index (χ0) is 22.4. The minimum absolute atomic E-state index is 0.0765. The molecule has 0 aromatic heterocycles. The summed E-state index contributed by atoms with van der Waals surface area (Å²) in [6.45, 7) is 0.0765. The molecule has 1 aromatic rings. The van der Waals surface area contributed by atoms with Crippen molar-refractivity contribution in [3.63, 3.8) is 0 Å². The summed E-state index contributed by atoms with van der Waals surface area (Å²) in [5.41, 5.74) is -8.30. The van der Waals surface area contributed by atoms with E-state index in [1.165, 1.54) is 0 Å². The summed E-state index contributed by atoms with van der Waals surface area (Å²) in [6.07, 6.45) is -3.53. The van der Waals surface area contributed by atoms with E-state index in [4.69, 9.17) is 0 Å². The van der Waals surface area contributed by atoms with Gasteiger partial charge in [-0.15, -0.1) is 0 Å². The number of alkyl halides is 2. The summed E-state index contributed by atoms with van der Waals surface area (Å²) in [6, 6.07) is 0. The van der Waals surface area contributed by atoms with E-state index in [-0.39, 0.29) is 6.92 Å². The quantitative estimate of drug-likeness (QED) is 0.225. The standard InChI is InChI=1S/C15H4F10O4/c1-15(25)11(23)3(6(18)10(22)12(15)24)14(27)29-28-13(26)2-4(16)7(19)9(21)8(20)5(2)17/h11H,1H3/t11?,15-/m1/s1. The molecule has 2 atom stereocenters. The molecule has 1 aliphatic rings. The molecule has 0 N–H and O–H groups in total. The Morgan fingerprint density at radius 2 is 1.17 bits per heavy atom. The average molecular weight is 438 g/mol. The highest BCUT2D eigenvalue weighted by Gasteiger charge is 2.53. The molecule has 14 heteroatoms. The molecule has 1 aliphatic carbocycles. The third-order valence-corrected chi connectivity index (χ3v) is 3.61. The molecule has 0 saturated heterocycles. The molecule has 0 amide bonds. The molecule has 0 heterocycles. The van der Waals surface area contributed by atoms with Crippen LogP contribution in [0.1, 0.15) is 17.3 Å². The van der Waals surface area contributed by atoms with E-state index in [1.807, 2.05) is 0 Å². The first-order valence-corrected chi connectivity index (χ1v) is 6.98. The number of allylic oxidation sites excluding steroid dienone is 3. The smallest absolute Gasteiger partial charge is 0.242 e. The van der Waals surface area contributed by atoms with Crippen molar-refractivity contribution in [2.75, 3.05) is 0 Å². The van der Waals surface area contributed by atoms with E-state index >= 15 is 0 Å². The van der Waals surface area contributed by atoms with Crippen LogP contribution in [0.4, 0.5) is 43.9 Å². The molecule has 1 aromatic carbocycles. The van der Waals surface area contributed by atoms with Crippen molar-refractivity contribution in [1.82, 2.24) is 0 Å². The molecular weight excluding hydrogens is 434 g/mol. The van der Waals surface area contributed by atoms with Gasteiger partial charge >= 0.3 is 11.9 Å². The van der Waals surface area contributed by atoms with Crippen molar-refractivity contribution < 1.29 is 63.3 Å². The Labute approximate surface area is 152 Å². The number of carbonyl (C=O) groups excluding carboxylic acids is 2. The van der Waals surface area contributed by atoms with Crippen LogP contribution < -0.4 is 0 Å². The van der Waals surface area contributed by atoms with Gasteiger partial charge in [0.25, 0.3) is 0 Å². The summed E-state index contributed by atoms with van der Waals surface area (Å²) in [5.74, 6) is -26.0. The Kier molecular flexibility index (Phi) is 5.68. The first-order chi connectivity index (χ1) is 13.2. The van der Waals surface area contributed by atoms with E-state index in [9.17, 15) is 53.5 Å². The molecule has 0 aliphatic heterocycles. The van der Waals surface area contributed by atoms with Crippen LogP contribution in [0.2, 0.25) is 0 Å². The van der Waals surface area contributed by atoms with Crippen LogP contribution in [0.5, 0.6) is 0 Å². The van der Waals surface area contributed by atoms with Crippen LogP contribution in [0, 0.1) is 29.1 Å². The number of hydrogen-bond acceptors (Lipinski definition) is 4. The number of carbonyl (C=O) groups is 2. The summed E-state index contributed by atoms with van der Waals surface area (Å²) < 4.78 is 133. The van der Waals surface area contributed by atoms with E-state index in [1.54, 1.807) is 0 Å². The molecule has 158 valence electrons. The fourth-order valence-electron chi connectivity index (χ4n) is 2.06. The molecule has 0 spiro atoms. The normalized spacial score (nSPS) is 22.1. The fraction of sp³-hybridized carbons (Fsp3) is 0.200. The SMILES string of the molecule is C[C@]1(F)C(F)=C(F)C(F)=C(C(=O)OOC(=O)c2c(F)c(F)c(F)c(F)c2F)C1F. The Balaban J connectivity index is 2.32. The Bertz CT molecular complexity index is 953. The molecule has 2 rings (SSSR count). The minimum atomic E-state index is -3.89. The van der Waals surface area contributed by atoms with E-state index in [2.05, 4.69) is 9.78 Å². The van der Waals surface area contributed by atoms with Crippen LogP contribution in [-0.2, 0) is 14.6 Å². The lowest BCUT2D eigenvalue weighted by molar-refractivity contribution is -0.230. The summed E-state index contributed by atoms with van der Waals surface area (Å²) in [5, 5.41) is 0. The predicted octanol–water partition coefficient (Wildman–Crippen LogP) is 4.45. The number of benzene rings is 1. The predicted molar refractivity (Wildman–Crippen MR) is 69.5 cm³/mol. The molecule has 0 radical (unpaired) electrons. The van der Waals surface area contributed by atoms with Crippen molar-refractivity contribution in [1.29, 1.82) is 0 Å². The fourth-order valence-corrected chi connectivity index (χ4v) is 2.06. The maximum atomic E-state index is 13.9. The van der Waals surface area contributed by atoms with Gasteiger partial charge in [0.1, 0.15) is 11.1 Å². The van der Waals surface area contributed by atoms with Crippen LogP contribution in [0.25, 0.3) is 0 Å². The van der Waals surface area contributed by atoms with E-state index < -0.39 is 81.5 Å². The monoisotopic (exact) mass is 438 g/mol. The summed E-state index contributed by atoms with van der Waals surface area (Å²) >= 11 is 0. The van der Waals surface area contributed by atoms with E-state index in [0.29, 0.717) is 0 Å². The highest BCUT2D eigenvalue weighted by Crippen LogP contribution is 2.44. The Morgan fingerprint density at radius 1 is 0.759 bits per heavy atom. The van der Waals surface area contributed by atoms with Crippen molar-refractivity contribution >= 4 is 11.9 Å². The van der Waals surface area contributed by atoms with Gasteiger partial charge in [-0.2, -0.15) is 0 Å². The van der Waals surface area contributed by atoms with Gasteiger partial charge in [-0.05, 0) is 6.92 Å². The highest BCUT2D eigenvalue weighted by atomic mass is 19.2. The van der Waals surface area contributed by atoms with Gasteiger partial charge in [0.05, 0.1) is 0 Å². The van der Waals surface area contributed by atoms with Crippen LogP contribution >= 0.6 is 0 Å². The van der Waals surface area contributed by atoms with Crippen LogP contribution in [0.15, 0.2) is 23.1 Å². The maximum absolute atomic E-state index is 13.9. The second-order valence-corrected chi connectivity index (χ2v) is 5.48. The first kappa shape index (κ1) is 22.2. The number of rotatable bonds is 2. The van der Waals surface area contributed by atoms with Crippen molar-refractivity contribution in [2.45, 2.75) is 18.8 Å². The molecule has 0 bridgehead atoms. The van der Waals surface area contributed by atoms with Gasteiger partial charge in [0, 0.05) is 0 Å². The van der Waals surface area contributed by atoms with Crippen molar-refractivity contribution in [3.05, 3.63) is 57.7 Å². The number of halogens is 10. The maximum Gasteiger partial charge on any atom is 0.392 e. The average Bonchev–Trinajstić information content (AvgIpc) is 2.67. The molecule has 0 saturated carbocycles. The van der Waals surface area contributed by atoms with Crippen LogP contribution in [0.3, 0.4) is 0 Å². The molecule has 1 unspecified atom stereocenters. The van der Waals surface area contributed by atoms with E-state index in [0.717, 1.165) is 0 Å². The lowest BCUT2D eigenvalue weighted by atomic mass is 9.88. The topological polar surface area (TPSA) is 52.6 Å². The van der Waals surface area contributed by atoms with Gasteiger partial charge in [-0.25, -0.2) is 63.3 Å². The minimum Gasteiger partial charge on any atom is -0.242 e. The first-order valence-electron chi connectivity index (χ1n) is 6.98. The van der Waals surface area contributed by atoms with Gasteiger partial charge < -0.3 is 0 Å². The van der Waals surface area contributed by atoms with Gasteiger partial charge in [0.2, 0.25) is 5.82 Å². The lowest BCUT2D eigenvalue weighted by Crippen LogP contribution is -2.40. The highest BCUT2D eigenvalue weighted by molar-refractivity contribution is 5.94. The molecule has 29 heavy (non-hydrogen) atoms. The lowest BCUT2D eigenvalue weighted by Gasteiger charge is -2.27. The second-order valence-electron chi connectivity index (χ2n) is 5.48. The molecule has 4 nitrogen and oxygen atoms in total. The third kappa shape index (κ3) is 3.42. The second kappa shape index (κ2) is 7.40. The Hall–Kier alpha value is -3.06. The van der Waals surface area contributed by atoms with Crippen molar-refractivity contribution in [3.8, 4) is 0 Å². The van der Waals surface area contributed by atoms with Crippen molar-refractivity contribution in [2.24, 2.45) is 0 Å². The number of hydrogen-bond donors (Lipinski definition) is 0. The zero-order valence-electron chi connectivity index (χ0n) is 13.5. The summed E-state index contributed by atoms with van der Waals surface area (Å²) in [4.78, 5) is 29.9. The van der Waals surface area contributed by atoms with Crippen LogP contribution in [-0.4, -0.2) is 23.8 Å². The molecule has 0 fully saturated rings. The Morgan fingerprint density at radius 3 is 1.66 bits per heavy atom. The summed E-state index contributed by atoms with van der Waals surface area (Å²) in [7, 11) is 0. The largest absolute Gasteiger partial charge is 0.392 e. The third-order valence-electron chi connectivity index (χ3n) is 3.61. The zero-order valence-corrected chi connectivity index (χ0v) is 13.5. The van der Waals surface area contributed by atoms with Gasteiger partial charge in [-0.3, -0.25) is 0 Å². The van der Waals surface area contributed by atoms with Gasteiger partial charge in [0.15, 0.2) is 52.6 Å². The molecular formula is C15H4F10O4.